The summed E-state index contributed by atoms with van der Waals surface area (Å²) in [6.45, 7) is 4.21. The summed E-state index contributed by atoms with van der Waals surface area (Å²) in [4.78, 5) is 26.0. The van der Waals surface area contributed by atoms with Crippen molar-refractivity contribution in [1.29, 1.82) is 0 Å². The van der Waals surface area contributed by atoms with Gasteiger partial charge in [0.15, 0.2) is 0 Å². The predicted octanol–water partition coefficient (Wildman–Crippen LogP) is 2.78. The molecule has 0 radical (unpaired) electrons. The first kappa shape index (κ1) is 22.3. The van der Waals surface area contributed by atoms with E-state index < -0.39 is 0 Å². The molecular weight excluding hydrogens is 354 g/mol. The molecule has 146 valence electrons. The van der Waals surface area contributed by atoms with Crippen LogP contribution >= 0.6 is 12.4 Å². The number of ether oxygens (including phenoxy) is 1. The zero-order chi connectivity index (χ0) is 18.4. The van der Waals surface area contributed by atoms with Crippen LogP contribution in [0.25, 0.3) is 0 Å². The number of carbonyl (C=O) groups is 2. The van der Waals surface area contributed by atoms with Gasteiger partial charge in [-0.1, -0.05) is 6.92 Å². The first-order valence-electron chi connectivity index (χ1n) is 8.82. The molecule has 1 fully saturated rings. The molecule has 2 rings (SSSR count). The van der Waals surface area contributed by atoms with Gasteiger partial charge in [-0.3, -0.25) is 9.59 Å². The smallest absolute Gasteiger partial charge is 0.253 e. The number of benzene rings is 1. The first-order chi connectivity index (χ1) is 11.9. The van der Waals surface area contributed by atoms with E-state index in [2.05, 4.69) is 17.6 Å². The third-order valence-electron chi connectivity index (χ3n) is 4.82. The average molecular weight is 384 g/mol. The van der Waals surface area contributed by atoms with Crippen LogP contribution < -0.4 is 15.4 Å². The van der Waals surface area contributed by atoms with Crippen molar-refractivity contribution in [2.45, 2.75) is 26.2 Å². The molecular formula is C19H30ClN3O3. The summed E-state index contributed by atoms with van der Waals surface area (Å²) >= 11 is 0. The molecule has 6 nitrogen and oxygen atoms in total. The van der Waals surface area contributed by atoms with Crippen LogP contribution in [-0.4, -0.2) is 51.0 Å². The van der Waals surface area contributed by atoms with Gasteiger partial charge in [0.1, 0.15) is 5.75 Å². The summed E-state index contributed by atoms with van der Waals surface area (Å²) in [5.41, 5.74) is 1.13. The lowest BCUT2D eigenvalue weighted by Gasteiger charge is -2.28. The van der Waals surface area contributed by atoms with Crippen molar-refractivity contribution in [2.75, 3.05) is 39.6 Å². The molecule has 0 aromatic heterocycles. The number of rotatable bonds is 6. The summed E-state index contributed by atoms with van der Waals surface area (Å²) in [6, 6.07) is 5.09. The van der Waals surface area contributed by atoms with Crippen LogP contribution in [0.5, 0.6) is 5.75 Å². The molecule has 1 aromatic rings. The number of amides is 2. The summed E-state index contributed by atoms with van der Waals surface area (Å²) < 4.78 is 5.34. The van der Waals surface area contributed by atoms with Crippen LogP contribution in [0, 0.1) is 11.8 Å². The van der Waals surface area contributed by atoms with Gasteiger partial charge in [-0.05, 0) is 56.0 Å². The van der Waals surface area contributed by atoms with Crippen molar-refractivity contribution < 1.29 is 14.3 Å². The second kappa shape index (κ2) is 10.4. The Labute approximate surface area is 162 Å². The third kappa shape index (κ3) is 5.88. The van der Waals surface area contributed by atoms with E-state index in [0.717, 1.165) is 25.9 Å². The van der Waals surface area contributed by atoms with E-state index in [1.165, 1.54) is 12.0 Å². The highest BCUT2D eigenvalue weighted by molar-refractivity contribution is 5.97. The van der Waals surface area contributed by atoms with E-state index in [1.54, 1.807) is 32.3 Å². The number of carbonyl (C=O) groups excluding carboxylic acids is 2. The Kier molecular flexibility index (Phi) is 8.88. The lowest BCUT2D eigenvalue weighted by atomic mass is 9.84. The lowest BCUT2D eigenvalue weighted by molar-refractivity contribution is -0.117. The van der Waals surface area contributed by atoms with Crippen molar-refractivity contribution in [1.82, 2.24) is 10.2 Å². The van der Waals surface area contributed by atoms with Gasteiger partial charge in [-0.2, -0.15) is 0 Å². The zero-order valence-electron chi connectivity index (χ0n) is 16.0. The maximum absolute atomic E-state index is 12.4. The lowest BCUT2D eigenvalue weighted by Crippen LogP contribution is -2.32. The van der Waals surface area contributed by atoms with Gasteiger partial charge in [0.25, 0.3) is 5.91 Å². The number of anilines is 1. The van der Waals surface area contributed by atoms with Gasteiger partial charge in [-0.25, -0.2) is 0 Å². The zero-order valence-corrected chi connectivity index (χ0v) is 16.8. The van der Waals surface area contributed by atoms with Crippen molar-refractivity contribution >= 4 is 29.9 Å². The minimum atomic E-state index is -0.101. The molecule has 1 unspecified atom stereocenters. The minimum Gasteiger partial charge on any atom is -0.495 e. The van der Waals surface area contributed by atoms with Gasteiger partial charge >= 0.3 is 0 Å². The molecule has 0 aliphatic carbocycles. The monoisotopic (exact) mass is 383 g/mol. The Morgan fingerprint density at radius 2 is 1.96 bits per heavy atom. The minimum absolute atomic E-state index is 0. The molecule has 1 aliphatic rings. The fourth-order valence-corrected chi connectivity index (χ4v) is 3.26. The predicted molar refractivity (Wildman–Crippen MR) is 106 cm³/mol. The fourth-order valence-electron chi connectivity index (χ4n) is 3.26. The molecule has 0 bridgehead atoms. The number of halogens is 1. The Hall–Kier alpha value is -1.79. The van der Waals surface area contributed by atoms with Gasteiger partial charge < -0.3 is 20.3 Å². The van der Waals surface area contributed by atoms with Gasteiger partial charge in [0, 0.05) is 26.1 Å². The SMILES string of the molecule is COc1cc(C(=O)N(C)C)ccc1NC(=O)CC(C)C1CCNCC1.Cl. The molecule has 1 saturated heterocycles. The number of methoxy groups -OCH3 is 1. The quantitative estimate of drug-likeness (QED) is 0.792. The second-order valence-corrected chi connectivity index (χ2v) is 6.93. The Balaban J connectivity index is 0.00000338. The van der Waals surface area contributed by atoms with Gasteiger partial charge in [0.2, 0.25) is 5.91 Å². The third-order valence-corrected chi connectivity index (χ3v) is 4.82. The van der Waals surface area contributed by atoms with Crippen molar-refractivity contribution in [3.63, 3.8) is 0 Å². The van der Waals surface area contributed by atoms with E-state index in [9.17, 15) is 9.59 Å². The Morgan fingerprint density at radius 3 is 2.54 bits per heavy atom. The number of piperidine rings is 1. The highest BCUT2D eigenvalue weighted by atomic mass is 35.5. The van der Waals surface area contributed by atoms with E-state index in [1.807, 2.05) is 0 Å². The summed E-state index contributed by atoms with van der Waals surface area (Å²) in [5.74, 6) is 1.32. The largest absolute Gasteiger partial charge is 0.495 e. The molecule has 1 heterocycles. The standard InChI is InChI=1S/C19H29N3O3.ClH/c1-13(14-7-9-20-10-8-14)11-18(23)21-16-6-5-15(12-17(16)25-4)19(24)22(2)3;/h5-6,12-14,20H,7-11H2,1-4H3,(H,21,23);1H. The van der Waals surface area contributed by atoms with Crippen LogP contribution in [-0.2, 0) is 4.79 Å². The highest BCUT2D eigenvalue weighted by Gasteiger charge is 2.22. The average Bonchev–Trinajstić information content (AvgIpc) is 2.61. The molecule has 0 saturated carbocycles. The summed E-state index contributed by atoms with van der Waals surface area (Å²) in [5, 5.41) is 6.27. The van der Waals surface area contributed by atoms with E-state index >= 15 is 0 Å². The molecule has 26 heavy (non-hydrogen) atoms. The topological polar surface area (TPSA) is 70.7 Å². The molecule has 2 N–H and O–H groups in total. The van der Waals surface area contributed by atoms with E-state index in [0.29, 0.717) is 35.3 Å². The van der Waals surface area contributed by atoms with Crippen molar-refractivity contribution in [3.05, 3.63) is 23.8 Å². The molecule has 0 spiro atoms. The molecule has 1 atom stereocenters. The van der Waals surface area contributed by atoms with Crippen LogP contribution in [0.1, 0.15) is 36.5 Å². The summed E-state index contributed by atoms with van der Waals surface area (Å²) in [6.07, 6.45) is 2.74. The van der Waals surface area contributed by atoms with Gasteiger partial charge in [-0.15, -0.1) is 12.4 Å². The van der Waals surface area contributed by atoms with Crippen molar-refractivity contribution in [2.24, 2.45) is 11.8 Å². The van der Waals surface area contributed by atoms with Crippen LogP contribution in [0.4, 0.5) is 5.69 Å². The van der Waals surface area contributed by atoms with Crippen LogP contribution in [0.15, 0.2) is 18.2 Å². The summed E-state index contributed by atoms with van der Waals surface area (Å²) in [7, 11) is 4.94. The van der Waals surface area contributed by atoms with Gasteiger partial charge in [0.05, 0.1) is 12.8 Å². The first-order valence-corrected chi connectivity index (χ1v) is 8.82. The molecule has 1 aromatic carbocycles. The maximum atomic E-state index is 12.4. The number of nitrogens with zero attached hydrogens (tertiary/aromatic N) is 1. The van der Waals surface area contributed by atoms with Crippen LogP contribution in [0.2, 0.25) is 0 Å². The molecule has 7 heteroatoms. The highest BCUT2D eigenvalue weighted by Crippen LogP contribution is 2.28. The van der Waals surface area contributed by atoms with E-state index in [-0.39, 0.29) is 24.2 Å². The van der Waals surface area contributed by atoms with Crippen molar-refractivity contribution in [3.8, 4) is 5.75 Å². The van der Waals surface area contributed by atoms with Crippen LogP contribution in [0.3, 0.4) is 0 Å². The number of nitrogens with one attached hydrogen (secondary N) is 2. The van der Waals surface area contributed by atoms with E-state index in [4.69, 9.17) is 4.74 Å². The molecule has 1 aliphatic heterocycles. The normalized spacial score (nSPS) is 15.5. The number of hydrogen-bond acceptors (Lipinski definition) is 4. The fraction of sp³-hybridized carbons (Fsp3) is 0.579. The maximum Gasteiger partial charge on any atom is 0.253 e. The number of hydrogen-bond donors (Lipinski definition) is 2. The Bertz CT molecular complexity index is 616. The Morgan fingerprint density at radius 1 is 1.31 bits per heavy atom. The second-order valence-electron chi connectivity index (χ2n) is 6.93. The molecule has 2 amide bonds.